The highest BCUT2D eigenvalue weighted by atomic mass is 32.1. The number of hydrogen-bond acceptors (Lipinski definition) is 1. The van der Waals surface area contributed by atoms with Crippen LogP contribution in [0.3, 0.4) is 0 Å². The van der Waals surface area contributed by atoms with Gasteiger partial charge in [-0.25, -0.2) is 13.2 Å². The van der Waals surface area contributed by atoms with Crippen LogP contribution in [0.15, 0.2) is 18.2 Å². The predicted octanol–water partition coefficient (Wildman–Crippen LogP) is 3.43. The van der Waals surface area contributed by atoms with Gasteiger partial charge in [0.05, 0.1) is 5.56 Å². The number of halogens is 3. The van der Waals surface area contributed by atoms with Crippen LogP contribution in [-0.2, 0) is 0 Å². The summed E-state index contributed by atoms with van der Waals surface area (Å²) in [6, 6.07) is 3.47. The van der Waals surface area contributed by atoms with Crippen molar-refractivity contribution >= 4 is 12.6 Å². The molecule has 0 saturated heterocycles. The third kappa shape index (κ3) is 3.52. The highest BCUT2D eigenvalue weighted by Crippen LogP contribution is 2.22. The van der Waals surface area contributed by atoms with Crippen molar-refractivity contribution < 1.29 is 13.2 Å². The van der Waals surface area contributed by atoms with E-state index in [1.54, 1.807) is 0 Å². The van der Waals surface area contributed by atoms with Crippen molar-refractivity contribution in [2.75, 3.05) is 5.75 Å². The molecule has 0 spiro atoms. The molecular formula is C11H9F3S. The Hall–Kier alpha value is -1.08. The number of alkyl halides is 2. The van der Waals surface area contributed by atoms with Crippen LogP contribution in [0.4, 0.5) is 13.2 Å². The molecule has 1 rings (SSSR count). The minimum atomic E-state index is -2.79. The molecule has 0 saturated carbocycles. The topological polar surface area (TPSA) is 0 Å². The zero-order valence-corrected chi connectivity index (χ0v) is 8.70. The summed E-state index contributed by atoms with van der Waals surface area (Å²) >= 11 is 3.95. The summed E-state index contributed by atoms with van der Waals surface area (Å²) < 4.78 is 37.4. The van der Waals surface area contributed by atoms with Gasteiger partial charge in [-0.3, -0.25) is 0 Å². The molecule has 0 fully saturated rings. The Kier molecular flexibility index (Phi) is 4.57. The van der Waals surface area contributed by atoms with Crippen molar-refractivity contribution in [3.8, 4) is 11.8 Å². The smallest absolute Gasteiger partial charge is 0.206 e. The zero-order valence-electron chi connectivity index (χ0n) is 7.80. The van der Waals surface area contributed by atoms with Crippen molar-refractivity contribution in [2.45, 2.75) is 12.8 Å². The molecule has 0 N–H and O–H groups in total. The highest BCUT2D eigenvalue weighted by Gasteiger charge is 2.12. The Labute approximate surface area is 91.9 Å². The van der Waals surface area contributed by atoms with Gasteiger partial charge in [0.15, 0.2) is 0 Å². The van der Waals surface area contributed by atoms with E-state index < -0.39 is 17.8 Å². The summed E-state index contributed by atoms with van der Waals surface area (Å²) in [5.74, 6) is 5.12. The summed E-state index contributed by atoms with van der Waals surface area (Å²) in [6.07, 6.45) is -2.20. The monoisotopic (exact) mass is 230 g/mol. The maximum atomic E-state index is 13.0. The second-order valence-electron chi connectivity index (χ2n) is 2.81. The first kappa shape index (κ1) is 12.0. The highest BCUT2D eigenvalue weighted by molar-refractivity contribution is 7.80. The van der Waals surface area contributed by atoms with Crippen LogP contribution in [0.25, 0.3) is 0 Å². The van der Waals surface area contributed by atoms with Crippen LogP contribution in [0, 0.1) is 17.7 Å². The molecule has 0 bridgehead atoms. The van der Waals surface area contributed by atoms with Gasteiger partial charge in [-0.1, -0.05) is 11.8 Å². The molecule has 0 nitrogen and oxygen atoms in total. The van der Waals surface area contributed by atoms with Gasteiger partial charge in [-0.05, 0) is 18.2 Å². The molecule has 0 amide bonds. The average Bonchev–Trinajstić information content (AvgIpc) is 2.17. The van der Waals surface area contributed by atoms with E-state index in [0.717, 1.165) is 12.1 Å². The van der Waals surface area contributed by atoms with Gasteiger partial charge in [0.25, 0.3) is 6.43 Å². The molecule has 0 atom stereocenters. The molecule has 0 aliphatic heterocycles. The molecular weight excluding hydrogens is 221 g/mol. The normalized spacial score (nSPS) is 9.93. The number of hydrogen-bond donors (Lipinski definition) is 1. The van der Waals surface area contributed by atoms with E-state index in [-0.39, 0.29) is 0 Å². The SMILES string of the molecule is Fc1cc(C#CCCS)ccc1C(F)F. The first-order valence-corrected chi connectivity index (χ1v) is 4.95. The molecule has 0 aliphatic carbocycles. The fourth-order valence-corrected chi connectivity index (χ4v) is 1.11. The lowest BCUT2D eigenvalue weighted by atomic mass is 10.1. The summed E-state index contributed by atoms with van der Waals surface area (Å²) in [4.78, 5) is 0. The van der Waals surface area contributed by atoms with Crippen molar-refractivity contribution in [1.29, 1.82) is 0 Å². The minimum absolute atomic E-state index is 0.402. The second-order valence-corrected chi connectivity index (χ2v) is 3.26. The molecule has 0 unspecified atom stereocenters. The Bertz CT molecular complexity index is 391. The van der Waals surface area contributed by atoms with Crippen LogP contribution in [0.1, 0.15) is 24.0 Å². The largest absolute Gasteiger partial charge is 0.266 e. The molecule has 0 aliphatic rings. The van der Waals surface area contributed by atoms with Crippen molar-refractivity contribution in [3.05, 3.63) is 35.1 Å². The summed E-state index contributed by atoms with van der Waals surface area (Å²) in [7, 11) is 0. The van der Waals surface area contributed by atoms with Crippen molar-refractivity contribution in [1.82, 2.24) is 0 Å². The van der Waals surface area contributed by atoms with Gasteiger partial charge in [-0.15, -0.1) is 0 Å². The van der Waals surface area contributed by atoms with Gasteiger partial charge in [0, 0.05) is 17.7 Å². The van der Waals surface area contributed by atoms with Crippen molar-refractivity contribution in [2.24, 2.45) is 0 Å². The van der Waals surface area contributed by atoms with Crippen LogP contribution in [-0.4, -0.2) is 5.75 Å². The van der Waals surface area contributed by atoms with E-state index in [1.807, 2.05) is 0 Å². The summed E-state index contributed by atoms with van der Waals surface area (Å²) in [5.41, 5.74) is -0.187. The van der Waals surface area contributed by atoms with Gasteiger partial charge in [-0.2, -0.15) is 12.6 Å². The Morgan fingerprint density at radius 2 is 2.07 bits per heavy atom. The summed E-state index contributed by atoms with van der Waals surface area (Å²) in [6.45, 7) is 0. The molecule has 4 heteroatoms. The molecule has 0 heterocycles. The molecule has 1 aromatic carbocycles. The fraction of sp³-hybridized carbons (Fsp3) is 0.273. The van der Waals surface area contributed by atoms with E-state index in [9.17, 15) is 13.2 Å². The quantitative estimate of drug-likeness (QED) is 0.584. The zero-order chi connectivity index (χ0) is 11.3. The van der Waals surface area contributed by atoms with Gasteiger partial charge in [0.1, 0.15) is 5.82 Å². The first-order valence-electron chi connectivity index (χ1n) is 4.32. The van der Waals surface area contributed by atoms with E-state index in [4.69, 9.17) is 0 Å². The lowest BCUT2D eigenvalue weighted by Gasteiger charge is -2.01. The Balaban J connectivity index is 2.88. The third-order valence-electron chi connectivity index (χ3n) is 1.71. The number of rotatable bonds is 2. The van der Waals surface area contributed by atoms with Gasteiger partial charge >= 0.3 is 0 Å². The lowest BCUT2D eigenvalue weighted by molar-refractivity contribution is 0.146. The average molecular weight is 230 g/mol. The van der Waals surface area contributed by atoms with E-state index in [1.165, 1.54) is 6.07 Å². The molecule has 80 valence electrons. The van der Waals surface area contributed by atoms with E-state index in [0.29, 0.717) is 17.7 Å². The molecule has 0 radical (unpaired) electrons. The van der Waals surface area contributed by atoms with E-state index >= 15 is 0 Å². The predicted molar refractivity (Wildman–Crippen MR) is 56.7 cm³/mol. The molecule has 15 heavy (non-hydrogen) atoms. The molecule has 1 aromatic rings. The van der Waals surface area contributed by atoms with Crippen LogP contribution in [0.5, 0.6) is 0 Å². The molecule has 0 aromatic heterocycles. The van der Waals surface area contributed by atoms with Crippen molar-refractivity contribution in [3.63, 3.8) is 0 Å². The standard InChI is InChI=1S/C11H9F3S/c12-10-7-8(3-1-2-6-15)4-5-9(10)11(13)14/h4-5,7,11,15H,2,6H2. The Morgan fingerprint density at radius 3 is 2.60 bits per heavy atom. The van der Waals surface area contributed by atoms with Crippen LogP contribution in [0.2, 0.25) is 0 Å². The second kappa shape index (κ2) is 5.72. The Morgan fingerprint density at radius 1 is 1.33 bits per heavy atom. The number of benzene rings is 1. The fourth-order valence-electron chi connectivity index (χ4n) is 1.00. The maximum absolute atomic E-state index is 13.0. The van der Waals surface area contributed by atoms with Crippen LogP contribution >= 0.6 is 12.6 Å². The number of thiol groups is 1. The minimum Gasteiger partial charge on any atom is -0.206 e. The van der Waals surface area contributed by atoms with Crippen LogP contribution < -0.4 is 0 Å². The van der Waals surface area contributed by atoms with Gasteiger partial charge in [0.2, 0.25) is 0 Å². The van der Waals surface area contributed by atoms with Gasteiger partial charge < -0.3 is 0 Å². The van der Waals surface area contributed by atoms with E-state index in [2.05, 4.69) is 24.5 Å². The lowest BCUT2D eigenvalue weighted by Crippen LogP contribution is -1.91. The maximum Gasteiger partial charge on any atom is 0.266 e. The summed E-state index contributed by atoms with van der Waals surface area (Å²) in [5, 5.41) is 0. The first-order chi connectivity index (χ1) is 7.15. The third-order valence-corrected chi connectivity index (χ3v) is 1.93.